The molecule has 1 aromatic rings. The third-order valence-corrected chi connectivity index (χ3v) is 4.67. The van der Waals surface area contributed by atoms with E-state index in [-0.39, 0.29) is 0 Å². The van der Waals surface area contributed by atoms with Crippen molar-refractivity contribution in [3.05, 3.63) is 36.0 Å². The molecule has 2 N–H and O–H groups in total. The second-order valence-electron chi connectivity index (χ2n) is 6.44. The van der Waals surface area contributed by atoms with E-state index in [9.17, 15) is 0 Å². The lowest BCUT2D eigenvalue weighted by atomic mass is 10.0. The number of fused-ring (bicyclic) bond motifs is 1. The molecule has 4 nitrogen and oxygen atoms in total. The number of para-hydroxylation sites is 1. The van der Waals surface area contributed by atoms with Gasteiger partial charge in [-0.2, -0.15) is 0 Å². The Labute approximate surface area is 143 Å². The van der Waals surface area contributed by atoms with Crippen molar-refractivity contribution in [1.82, 2.24) is 15.5 Å². The van der Waals surface area contributed by atoms with Gasteiger partial charge >= 0.3 is 0 Å². The predicted octanol–water partition coefficient (Wildman–Crippen LogP) is 2.76. The molecule has 2 atom stereocenters. The number of rotatable bonds is 1. The standard InChI is InChI=1S/C18H25N3OS/c1-13-11-21(12-14(2)20-13)18(23)19-10-15-6-5-9-22-17-8-4-3-7-16(15)17/h3-4,7-8,10,13-14,20H,5-6,9,11-12H2,1-2H3,(H,19,23)/b15-10-/t13-,14+. The van der Waals surface area contributed by atoms with Crippen LogP contribution in [0.1, 0.15) is 32.3 Å². The molecule has 0 spiro atoms. The zero-order chi connectivity index (χ0) is 16.2. The molecular weight excluding hydrogens is 306 g/mol. The van der Waals surface area contributed by atoms with Gasteiger partial charge in [-0.15, -0.1) is 0 Å². The normalized spacial score (nSPS) is 26.2. The topological polar surface area (TPSA) is 36.5 Å². The first-order chi connectivity index (χ1) is 11.1. The van der Waals surface area contributed by atoms with Crippen LogP contribution in [0.25, 0.3) is 5.57 Å². The summed E-state index contributed by atoms with van der Waals surface area (Å²) in [7, 11) is 0. The zero-order valence-corrected chi connectivity index (χ0v) is 14.7. The number of nitrogens with zero attached hydrogens (tertiary/aromatic N) is 1. The Balaban J connectivity index is 1.71. The molecule has 0 amide bonds. The molecule has 0 bridgehead atoms. The Hall–Kier alpha value is -1.59. The van der Waals surface area contributed by atoms with Crippen molar-refractivity contribution in [2.24, 2.45) is 0 Å². The maximum absolute atomic E-state index is 5.81. The third kappa shape index (κ3) is 4.03. The summed E-state index contributed by atoms with van der Waals surface area (Å²) in [6.45, 7) is 7.05. The number of benzene rings is 1. The number of nitrogens with one attached hydrogen (secondary N) is 2. The van der Waals surface area contributed by atoms with Gasteiger partial charge in [0.1, 0.15) is 5.75 Å². The van der Waals surface area contributed by atoms with Crippen molar-refractivity contribution in [2.75, 3.05) is 19.7 Å². The van der Waals surface area contributed by atoms with Crippen molar-refractivity contribution in [3.63, 3.8) is 0 Å². The second kappa shape index (κ2) is 7.32. The first-order valence-electron chi connectivity index (χ1n) is 8.36. The lowest BCUT2D eigenvalue weighted by molar-refractivity contribution is 0.254. The van der Waals surface area contributed by atoms with E-state index in [1.807, 2.05) is 12.1 Å². The van der Waals surface area contributed by atoms with E-state index in [0.717, 1.165) is 43.4 Å². The second-order valence-corrected chi connectivity index (χ2v) is 6.83. The minimum atomic E-state index is 0.457. The van der Waals surface area contributed by atoms with Crippen molar-refractivity contribution >= 4 is 22.9 Å². The van der Waals surface area contributed by atoms with Crippen LogP contribution >= 0.6 is 12.2 Å². The summed E-state index contributed by atoms with van der Waals surface area (Å²) >= 11 is 5.59. The molecular formula is C18H25N3OS. The van der Waals surface area contributed by atoms with E-state index in [4.69, 9.17) is 17.0 Å². The molecule has 1 fully saturated rings. The molecule has 0 aromatic heterocycles. The van der Waals surface area contributed by atoms with Gasteiger partial charge in [0.25, 0.3) is 0 Å². The van der Waals surface area contributed by atoms with Gasteiger partial charge in [0, 0.05) is 36.9 Å². The van der Waals surface area contributed by atoms with Crippen LogP contribution in [0, 0.1) is 0 Å². The molecule has 2 aliphatic rings. The van der Waals surface area contributed by atoms with Crippen LogP contribution in [0.15, 0.2) is 30.5 Å². The summed E-state index contributed by atoms with van der Waals surface area (Å²) in [6.07, 6.45) is 4.09. The highest BCUT2D eigenvalue weighted by Gasteiger charge is 2.22. The molecule has 2 aliphatic heterocycles. The Morgan fingerprint density at radius 1 is 1.30 bits per heavy atom. The highest BCUT2D eigenvalue weighted by molar-refractivity contribution is 7.80. The summed E-state index contributed by atoms with van der Waals surface area (Å²) in [5.74, 6) is 0.966. The molecule has 23 heavy (non-hydrogen) atoms. The molecule has 2 heterocycles. The van der Waals surface area contributed by atoms with Crippen LogP contribution in [0.5, 0.6) is 5.75 Å². The fourth-order valence-electron chi connectivity index (χ4n) is 3.32. The monoisotopic (exact) mass is 331 g/mol. The van der Waals surface area contributed by atoms with Gasteiger partial charge in [0.15, 0.2) is 5.11 Å². The van der Waals surface area contributed by atoms with E-state index in [0.29, 0.717) is 12.1 Å². The molecule has 0 unspecified atom stereocenters. The van der Waals surface area contributed by atoms with Crippen molar-refractivity contribution in [2.45, 2.75) is 38.8 Å². The SMILES string of the molecule is C[C@@H]1CN(C(=S)N/C=C2/CCCOc3ccccc32)C[C@H](C)N1. The zero-order valence-electron chi connectivity index (χ0n) is 13.8. The van der Waals surface area contributed by atoms with Gasteiger partial charge in [-0.25, -0.2) is 0 Å². The number of thiocarbonyl (C=S) groups is 1. The van der Waals surface area contributed by atoms with E-state index >= 15 is 0 Å². The fourth-order valence-corrected chi connectivity index (χ4v) is 3.53. The number of hydrogen-bond donors (Lipinski definition) is 2. The van der Waals surface area contributed by atoms with Crippen LogP contribution < -0.4 is 15.4 Å². The first kappa shape index (κ1) is 16.3. The molecule has 5 heteroatoms. The Morgan fingerprint density at radius 3 is 2.83 bits per heavy atom. The molecule has 124 valence electrons. The molecule has 0 saturated carbocycles. The van der Waals surface area contributed by atoms with Gasteiger partial charge < -0.3 is 20.3 Å². The largest absolute Gasteiger partial charge is 0.493 e. The smallest absolute Gasteiger partial charge is 0.173 e. The van der Waals surface area contributed by atoms with Crippen LogP contribution in [0.4, 0.5) is 0 Å². The minimum absolute atomic E-state index is 0.457. The molecule has 3 rings (SSSR count). The molecule has 0 radical (unpaired) electrons. The predicted molar refractivity (Wildman–Crippen MR) is 98.5 cm³/mol. The van der Waals surface area contributed by atoms with Crippen LogP contribution in [0.2, 0.25) is 0 Å². The van der Waals surface area contributed by atoms with Crippen molar-refractivity contribution < 1.29 is 4.74 Å². The summed E-state index contributed by atoms with van der Waals surface area (Å²) in [4.78, 5) is 2.25. The Morgan fingerprint density at radius 2 is 2.04 bits per heavy atom. The molecule has 1 saturated heterocycles. The van der Waals surface area contributed by atoms with Crippen LogP contribution in [0.3, 0.4) is 0 Å². The third-order valence-electron chi connectivity index (χ3n) is 4.30. The first-order valence-corrected chi connectivity index (χ1v) is 8.77. The van der Waals surface area contributed by atoms with Crippen molar-refractivity contribution in [3.8, 4) is 5.75 Å². The summed E-state index contributed by atoms with van der Waals surface area (Å²) in [6, 6.07) is 9.14. The number of allylic oxidation sites excluding steroid dienone is 1. The number of ether oxygens (including phenoxy) is 1. The maximum Gasteiger partial charge on any atom is 0.173 e. The van der Waals surface area contributed by atoms with Gasteiger partial charge in [0.2, 0.25) is 0 Å². The van der Waals surface area contributed by atoms with Gasteiger partial charge in [-0.3, -0.25) is 0 Å². The van der Waals surface area contributed by atoms with Gasteiger partial charge in [-0.05, 0) is 50.5 Å². The van der Waals surface area contributed by atoms with E-state index in [2.05, 4.69) is 47.7 Å². The Kier molecular flexibility index (Phi) is 5.18. The van der Waals surface area contributed by atoms with Crippen molar-refractivity contribution in [1.29, 1.82) is 0 Å². The fraction of sp³-hybridized carbons (Fsp3) is 0.500. The summed E-state index contributed by atoms with van der Waals surface area (Å²) < 4.78 is 5.81. The highest BCUT2D eigenvalue weighted by atomic mass is 32.1. The minimum Gasteiger partial charge on any atom is -0.493 e. The maximum atomic E-state index is 5.81. The number of piperazine rings is 1. The van der Waals surface area contributed by atoms with E-state index < -0.39 is 0 Å². The number of hydrogen-bond acceptors (Lipinski definition) is 3. The lowest BCUT2D eigenvalue weighted by Crippen LogP contribution is -2.57. The molecule has 0 aliphatic carbocycles. The average molecular weight is 331 g/mol. The van der Waals surface area contributed by atoms with E-state index in [1.54, 1.807) is 0 Å². The average Bonchev–Trinajstić information content (AvgIpc) is 2.74. The Bertz CT molecular complexity index is 592. The highest BCUT2D eigenvalue weighted by Crippen LogP contribution is 2.31. The molecule has 1 aromatic carbocycles. The van der Waals surface area contributed by atoms with Gasteiger partial charge in [-0.1, -0.05) is 18.2 Å². The quantitative estimate of drug-likeness (QED) is 0.774. The van der Waals surface area contributed by atoms with E-state index in [1.165, 1.54) is 11.1 Å². The van der Waals surface area contributed by atoms with Crippen LogP contribution in [-0.2, 0) is 0 Å². The lowest BCUT2D eigenvalue weighted by Gasteiger charge is -2.37. The summed E-state index contributed by atoms with van der Waals surface area (Å²) in [5, 5.41) is 7.68. The van der Waals surface area contributed by atoms with Gasteiger partial charge in [0.05, 0.1) is 6.61 Å². The summed E-state index contributed by atoms with van der Waals surface area (Å²) in [5.41, 5.74) is 2.43. The van der Waals surface area contributed by atoms with Crippen LogP contribution in [-0.4, -0.2) is 41.8 Å².